The van der Waals surface area contributed by atoms with Crippen molar-refractivity contribution in [1.29, 1.82) is 0 Å². The van der Waals surface area contributed by atoms with E-state index in [-0.39, 0.29) is 11.7 Å². The smallest absolute Gasteiger partial charge is 0.417 e. The molecule has 10 heteroatoms. The second-order valence-corrected chi connectivity index (χ2v) is 7.17. The molecule has 6 nitrogen and oxygen atoms in total. The lowest BCUT2D eigenvalue weighted by atomic mass is 10.3. The molecule has 1 rings (SSSR count). The summed E-state index contributed by atoms with van der Waals surface area (Å²) in [5.74, 6) is -0.585. The number of aromatic nitrogens is 1. The Morgan fingerprint density at radius 2 is 2.10 bits per heavy atom. The number of esters is 1. The van der Waals surface area contributed by atoms with Gasteiger partial charge < -0.3 is 9.47 Å². The van der Waals surface area contributed by atoms with Crippen LogP contribution in [-0.4, -0.2) is 40.1 Å². The Hall–Kier alpha value is -0.760. The topological polar surface area (TPSA) is 68.7 Å². The summed E-state index contributed by atoms with van der Waals surface area (Å²) in [5, 5.41) is 1.94. The number of hydrogen-bond acceptors (Lipinski definition) is 6. The fourth-order valence-electron chi connectivity index (χ4n) is 1.32. The third-order valence-corrected chi connectivity index (χ3v) is 3.29. The first-order valence-electron chi connectivity index (χ1n) is 5.85. The van der Waals surface area contributed by atoms with E-state index in [1.165, 1.54) is 13.1 Å². The van der Waals surface area contributed by atoms with Crippen LogP contribution >= 0.6 is 46.1 Å². The molecule has 0 fully saturated rings. The van der Waals surface area contributed by atoms with Gasteiger partial charge in [-0.25, -0.2) is 19.5 Å². The molecule has 0 aliphatic heterocycles. The van der Waals surface area contributed by atoms with Gasteiger partial charge in [-0.15, -0.1) is 11.3 Å². The summed E-state index contributed by atoms with van der Waals surface area (Å²) in [6, 6.07) is -0.918. The van der Waals surface area contributed by atoms with Crippen LogP contribution in [0.15, 0.2) is 11.6 Å². The van der Waals surface area contributed by atoms with Gasteiger partial charge in [0.1, 0.15) is 12.6 Å². The Labute approximate surface area is 140 Å². The van der Waals surface area contributed by atoms with Crippen molar-refractivity contribution < 1.29 is 19.1 Å². The molecule has 0 saturated carbocycles. The normalized spacial score (nSPS) is 12.6. The molecule has 0 aliphatic rings. The monoisotopic (exact) mass is 374 g/mol. The van der Waals surface area contributed by atoms with Crippen molar-refractivity contribution in [2.45, 2.75) is 23.7 Å². The Bertz CT molecular complexity index is 478. The lowest BCUT2D eigenvalue weighted by Gasteiger charge is -2.25. The van der Waals surface area contributed by atoms with E-state index in [9.17, 15) is 9.59 Å². The summed E-state index contributed by atoms with van der Waals surface area (Å²) in [6.07, 6.45) is 0.643. The first-order chi connectivity index (χ1) is 9.76. The van der Waals surface area contributed by atoms with Crippen LogP contribution < -0.4 is 4.90 Å². The number of halogens is 3. The third kappa shape index (κ3) is 5.86. The van der Waals surface area contributed by atoms with E-state index < -0.39 is 28.5 Å². The SMILES string of the molecule is CCOC(=O)[C@H](C)N(C(=O)OCC(Cl)(Cl)Cl)c1nccs1. The summed E-state index contributed by atoms with van der Waals surface area (Å²) in [7, 11) is 0. The molecule has 0 spiro atoms. The Kier molecular flexibility index (Phi) is 6.99. The van der Waals surface area contributed by atoms with Crippen molar-refractivity contribution in [2.75, 3.05) is 18.1 Å². The predicted molar refractivity (Wildman–Crippen MR) is 82.3 cm³/mol. The van der Waals surface area contributed by atoms with E-state index in [0.717, 1.165) is 16.2 Å². The number of ether oxygens (including phenoxy) is 2. The highest BCUT2D eigenvalue weighted by molar-refractivity contribution is 7.13. The molecule has 0 aliphatic carbocycles. The molecule has 0 bridgehead atoms. The van der Waals surface area contributed by atoms with Gasteiger partial charge >= 0.3 is 12.1 Å². The van der Waals surface area contributed by atoms with Crippen molar-refractivity contribution >= 4 is 63.3 Å². The number of alkyl halides is 3. The Morgan fingerprint density at radius 3 is 2.57 bits per heavy atom. The Balaban J connectivity index is 2.88. The second-order valence-electron chi connectivity index (χ2n) is 3.78. The molecule has 0 unspecified atom stereocenters. The van der Waals surface area contributed by atoms with Crippen molar-refractivity contribution in [1.82, 2.24) is 4.98 Å². The maximum Gasteiger partial charge on any atom is 0.417 e. The molecule has 1 heterocycles. The van der Waals surface area contributed by atoms with E-state index in [1.54, 1.807) is 12.3 Å². The van der Waals surface area contributed by atoms with Crippen LogP contribution in [0.25, 0.3) is 0 Å². The van der Waals surface area contributed by atoms with Crippen molar-refractivity contribution in [3.63, 3.8) is 0 Å². The van der Waals surface area contributed by atoms with Gasteiger partial charge in [-0.1, -0.05) is 34.8 Å². The molecule has 1 aromatic heterocycles. The molecular weight excluding hydrogens is 363 g/mol. The number of rotatable bonds is 5. The number of anilines is 1. The highest BCUT2D eigenvalue weighted by Gasteiger charge is 2.33. The average molecular weight is 376 g/mol. The zero-order valence-electron chi connectivity index (χ0n) is 11.2. The van der Waals surface area contributed by atoms with Gasteiger partial charge in [0.25, 0.3) is 0 Å². The van der Waals surface area contributed by atoms with Crippen LogP contribution in [0, 0.1) is 0 Å². The molecule has 118 valence electrons. The summed E-state index contributed by atoms with van der Waals surface area (Å²) in [4.78, 5) is 29.0. The lowest BCUT2D eigenvalue weighted by molar-refractivity contribution is -0.144. The molecular formula is C11H13Cl3N2O4S. The fraction of sp³-hybridized carbons (Fsp3) is 0.545. The number of hydrogen-bond donors (Lipinski definition) is 0. The standard InChI is InChI=1S/C11H13Cl3N2O4S/c1-3-19-8(17)7(2)16(9-15-4-5-21-9)10(18)20-6-11(12,13)14/h4-5,7H,3,6H2,1-2H3/t7-/m0/s1. The van der Waals surface area contributed by atoms with Gasteiger partial charge in [0.2, 0.25) is 3.79 Å². The first-order valence-corrected chi connectivity index (χ1v) is 7.86. The van der Waals surface area contributed by atoms with Crippen molar-refractivity contribution in [3.8, 4) is 0 Å². The molecule has 0 radical (unpaired) electrons. The average Bonchev–Trinajstić information content (AvgIpc) is 2.89. The van der Waals surface area contributed by atoms with Crippen LogP contribution in [0.4, 0.5) is 9.93 Å². The van der Waals surface area contributed by atoms with Gasteiger partial charge in [-0.2, -0.15) is 0 Å². The molecule has 0 aromatic carbocycles. The molecule has 1 amide bonds. The minimum absolute atomic E-state index is 0.193. The fourth-order valence-corrected chi connectivity index (χ4v) is 2.19. The van der Waals surface area contributed by atoms with E-state index in [4.69, 9.17) is 44.3 Å². The van der Waals surface area contributed by atoms with Gasteiger partial charge in [-0.05, 0) is 13.8 Å². The van der Waals surface area contributed by atoms with Crippen LogP contribution in [0.3, 0.4) is 0 Å². The van der Waals surface area contributed by atoms with Crippen LogP contribution in [0.1, 0.15) is 13.8 Å². The van der Waals surface area contributed by atoms with Gasteiger partial charge in [0, 0.05) is 11.6 Å². The summed E-state index contributed by atoms with van der Waals surface area (Å²) >= 11 is 17.8. The summed E-state index contributed by atoms with van der Waals surface area (Å²) < 4.78 is 8.04. The zero-order valence-corrected chi connectivity index (χ0v) is 14.3. The predicted octanol–water partition coefficient (Wildman–Crippen LogP) is 3.41. The number of thiazole rings is 1. The maximum absolute atomic E-state index is 12.1. The maximum atomic E-state index is 12.1. The number of amides is 1. The third-order valence-electron chi connectivity index (χ3n) is 2.20. The quantitative estimate of drug-likeness (QED) is 0.583. The van der Waals surface area contributed by atoms with Gasteiger partial charge in [-0.3, -0.25) is 0 Å². The van der Waals surface area contributed by atoms with E-state index >= 15 is 0 Å². The number of nitrogens with zero attached hydrogens (tertiary/aromatic N) is 2. The molecule has 21 heavy (non-hydrogen) atoms. The number of carbonyl (C=O) groups excluding carboxylic acids is 2. The Morgan fingerprint density at radius 1 is 1.43 bits per heavy atom. The number of carbonyl (C=O) groups is 2. The zero-order chi connectivity index (χ0) is 16.0. The van der Waals surface area contributed by atoms with Gasteiger partial charge in [0.15, 0.2) is 5.13 Å². The molecule has 0 N–H and O–H groups in total. The molecule has 0 saturated heterocycles. The largest absolute Gasteiger partial charge is 0.464 e. The first kappa shape index (κ1) is 18.3. The highest BCUT2D eigenvalue weighted by atomic mass is 35.6. The molecule has 1 aromatic rings. The second kappa shape index (κ2) is 8.03. The van der Waals surface area contributed by atoms with Crippen LogP contribution in [0.5, 0.6) is 0 Å². The van der Waals surface area contributed by atoms with E-state index in [1.807, 2.05) is 0 Å². The van der Waals surface area contributed by atoms with Crippen molar-refractivity contribution in [2.24, 2.45) is 0 Å². The van der Waals surface area contributed by atoms with Gasteiger partial charge in [0.05, 0.1) is 6.61 Å². The lowest BCUT2D eigenvalue weighted by Crippen LogP contribution is -2.45. The minimum atomic E-state index is -1.74. The van der Waals surface area contributed by atoms with E-state index in [0.29, 0.717) is 0 Å². The molecule has 1 atom stereocenters. The van der Waals surface area contributed by atoms with Crippen LogP contribution in [0.2, 0.25) is 0 Å². The minimum Gasteiger partial charge on any atom is -0.464 e. The highest BCUT2D eigenvalue weighted by Crippen LogP contribution is 2.27. The van der Waals surface area contributed by atoms with E-state index in [2.05, 4.69) is 4.98 Å². The van der Waals surface area contributed by atoms with Crippen molar-refractivity contribution in [3.05, 3.63) is 11.6 Å². The summed E-state index contributed by atoms with van der Waals surface area (Å²) in [6.45, 7) is 2.90. The van der Waals surface area contributed by atoms with Crippen LogP contribution in [-0.2, 0) is 14.3 Å². The summed E-state index contributed by atoms with van der Waals surface area (Å²) in [5.41, 5.74) is 0.